The Balaban J connectivity index is 2.68. The van der Waals surface area contributed by atoms with Crippen LogP contribution in [0.2, 0.25) is 0 Å². The minimum Gasteiger partial charge on any atom is -0.126 e. The third-order valence-electron chi connectivity index (χ3n) is 3.37. The fraction of sp³-hybridized carbons (Fsp3) is 0.647. The molecule has 0 bridgehead atoms. The van der Waals surface area contributed by atoms with Crippen LogP contribution in [0.5, 0.6) is 0 Å². The predicted molar refractivity (Wildman–Crippen MR) is 82.5 cm³/mol. The number of alkyl halides is 1. The molecule has 1 unspecified atom stereocenters. The zero-order valence-corrected chi connectivity index (χ0v) is 13.2. The Morgan fingerprint density at radius 1 is 1.06 bits per heavy atom. The molecule has 0 amide bonds. The molecule has 1 atom stereocenters. The second-order valence-corrected chi connectivity index (χ2v) is 7.11. The smallest absolute Gasteiger partial charge is 0.0255 e. The van der Waals surface area contributed by atoms with Crippen LogP contribution in [0.3, 0.4) is 0 Å². The van der Waals surface area contributed by atoms with Gasteiger partial charge in [-0.1, -0.05) is 58.9 Å². The zero-order chi connectivity index (χ0) is 13.8. The number of hydrogen-bond donors (Lipinski definition) is 0. The summed E-state index contributed by atoms with van der Waals surface area (Å²) < 4.78 is 0. The summed E-state index contributed by atoms with van der Waals surface area (Å²) in [5, 5.41) is 0. The molecule has 102 valence electrons. The first-order valence-corrected chi connectivity index (χ1v) is 7.51. The van der Waals surface area contributed by atoms with Gasteiger partial charge in [0, 0.05) is 5.88 Å². The van der Waals surface area contributed by atoms with E-state index in [1.165, 1.54) is 17.5 Å². The van der Waals surface area contributed by atoms with Gasteiger partial charge < -0.3 is 0 Å². The van der Waals surface area contributed by atoms with Gasteiger partial charge in [-0.15, -0.1) is 11.6 Å². The summed E-state index contributed by atoms with van der Waals surface area (Å²) in [6.45, 7) is 11.3. The largest absolute Gasteiger partial charge is 0.126 e. The quantitative estimate of drug-likeness (QED) is 0.624. The molecule has 18 heavy (non-hydrogen) atoms. The summed E-state index contributed by atoms with van der Waals surface area (Å²) in [5.74, 6) is 2.09. The van der Waals surface area contributed by atoms with Crippen LogP contribution in [0.15, 0.2) is 24.3 Å². The van der Waals surface area contributed by atoms with E-state index in [4.69, 9.17) is 11.6 Å². The van der Waals surface area contributed by atoms with Crippen LogP contribution in [0, 0.1) is 11.8 Å². The Labute approximate surface area is 118 Å². The Hall–Kier alpha value is -0.490. The van der Waals surface area contributed by atoms with Crippen molar-refractivity contribution in [2.24, 2.45) is 11.8 Å². The van der Waals surface area contributed by atoms with E-state index in [9.17, 15) is 0 Å². The van der Waals surface area contributed by atoms with Crippen LogP contribution in [0.25, 0.3) is 0 Å². The fourth-order valence-electron chi connectivity index (χ4n) is 2.34. The van der Waals surface area contributed by atoms with Crippen LogP contribution in [0.4, 0.5) is 0 Å². The van der Waals surface area contributed by atoms with Crippen molar-refractivity contribution in [3.05, 3.63) is 35.4 Å². The topological polar surface area (TPSA) is 0 Å². The molecule has 0 aliphatic carbocycles. The highest BCUT2D eigenvalue weighted by atomic mass is 35.5. The summed E-state index contributed by atoms with van der Waals surface area (Å²) in [6.07, 6.45) is 2.32. The van der Waals surface area contributed by atoms with Crippen molar-refractivity contribution in [3.63, 3.8) is 0 Å². The molecular weight excluding hydrogens is 240 g/mol. The number of benzene rings is 1. The third kappa shape index (κ3) is 5.02. The third-order valence-corrected chi connectivity index (χ3v) is 3.80. The molecule has 0 nitrogen and oxygen atoms in total. The Bertz CT molecular complexity index is 343. The van der Waals surface area contributed by atoms with Gasteiger partial charge in [-0.05, 0) is 41.2 Å². The van der Waals surface area contributed by atoms with Crippen LogP contribution >= 0.6 is 11.6 Å². The van der Waals surface area contributed by atoms with E-state index in [1.807, 2.05) is 0 Å². The lowest BCUT2D eigenvalue weighted by Crippen LogP contribution is -2.12. The lowest BCUT2D eigenvalue weighted by molar-refractivity contribution is 0.441. The predicted octanol–water partition coefficient (Wildman–Crippen LogP) is 5.43. The van der Waals surface area contributed by atoms with Crippen molar-refractivity contribution in [1.82, 2.24) is 0 Å². The Morgan fingerprint density at radius 3 is 2.00 bits per heavy atom. The van der Waals surface area contributed by atoms with Gasteiger partial charge in [0.25, 0.3) is 0 Å². The second-order valence-electron chi connectivity index (χ2n) is 6.80. The number of hydrogen-bond acceptors (Lipinski definition) is 0. The standard InChI is InChI=1S/C17H27Cl/c1-13(2)10-15(12-18)11-14-6-8-16(9-7-14)17(3,4)5/h6-9,13,15H,10-12H2,1-5H3. The van der Waals surface area contributed by atoms with Crippen molar-refractivity contribution in [1.29, 1.82) is 0 Å². The van der Waals surface area contributed by atoms with Crippen molar-refractivity contribution in [3.8, 4) is 0 Å². The van der Waals surface area contributed by atoms with Crippen molar-refractivity contribution >= 4 is 11.6 Å². The maximum Gasteiger partial charge on any atom is 0.0255 e. The van der Waals surface area contributed by atoms with E-state index in [-0.39, 0.29) is 5.41 Å². The summed E-state index contributed by atoms with van der Waals surface area (Å²) in [7, 11) is 0. The highest BCUT2D eigenvalue weighted by Crippen LogP contribution is 2.24. The first-order valence-electron chi connectivity index (χ1n) is 6.98. The maximum absolute atomic E-state index is 6.07. The molecule has 1 aromatic rings. The molecule has 1 aromatic carbocycles. The Morgan fingerprint density at radius 2 is 1.61 bits per heavy atom. The highest BCUT2D eigenvalue weighted by Gasteiger charge is 2.14. The molecule has 1 heteroatoms. The lowest BCUT2D eigenvalue weighted by atomic mass is 9.85. The minimum atomic E-state index is 0.238. The van der Waals surface area contributed by atoms with Gasteiger partial charge in [-0.2, -0.15) is 0 Å². The van der Waals surface area contributed by atoms with Gasteiger partial charge >= 0.3 is 0 Å². The minimum absolute atomic E-state index is 0.238. The fourth-order valence-corrected chi connectivity index (χ4v) is 2.58. The molecule has 0 spiro atoms. The number of rotatable bonds is 5. The van der Waals surface area contributed by atoms with Gasteiger partial charge in [0.1, 0.15) is 0 Å². The summed E-state index contributed by atoms with van der Waals surface area (Å²) in [4.78, 5) is 0. The molecule has 0 heterocycles. The van der Waals surface area contributed by atoms with Gasteiger partial charge in [-0.25, -0.2) is 0 Å². The zero-order valence-electron chi connectivity index (χ0n) is 12.5. The summed E-state index contributed by atoms with van der Waals surface area (Å²) >= 11 is 6.07. The van der Waals surface area contributed by atoms with Crippen LogP contribution < -0.4 is 0 Å². The Kier molecular flexibility index (Phi) is 5.72. The second kappa shape index (κ2) is 6.61. The van der Waals surface area contributed by atoms with E-state index < -0.39 is 0 Å². The summed E-state index contributed by atoms with van der Waals surface area (Å²) in [5.41, 5.74) is 3.05. The van der Waals surface area contributed by atoms with Crippen molar-refractivity contribution in [2.75, 3.05) is 5.88 Å². The van der Waals surface area contributed by atoms with Gasteiger partial charge in [0.2, 0.25) is 0 Å². The number of halogens is 1. The van der Waals surface area contributed by atoms with Crippen molar-refractivity contribution in [2.45, 2.75) is 52.9 Å². The average Bonchev–Trinajstić information content (AvgIpc) is 2.27. The van der Waals surface area contributed by atoms with Gasteiger partial charge in [0.05, 0.1) is 0 Å². The molecule has 0 aromatic heterocycles. The molecule has 0 radical (unpaired) electrons. The normalized spacial score (nSPS) is 13.9. The molecule has 0 saturated heterocycles. The highest BCUT2D eigenvalue weighted by molar-refractivity contribution is 6.18. The van der Waals surface area contributed by atoms with Crippen LogP contribution in [0.1, 0.15) is 52.2 Å². The monoisotopic (exact) mass is 266 g/mol. The van der Waals surface area contributed by atoms with Gasteiger partial charge in [0.15, 0.2) is 0 Å². The molecule has 0 aliphatic heterocycles. The van der Waals surface area contributed by atoms with E-state index in [2.05, 4.69) is 58.9 Å². The molecule has 1 rings (SSSR count). The molecule has 0 fully saturated rings. The molecule has 0 saturated carbocycles. The molecular formula is C17H27Cl. The molecule has 0 aliphatic rings. The van der Waals surface area contributed by atoms with E-state index in [0.29, 0.717) is 5.92 Å². The first kappa shape index (κ1) is 15.6. The van der Waals surface area contributed by atoms with Crippen molar-refractivity contribution < 1.29 is 0 Å². The maximum atomic E-state index is 6.07. The van der Waals surface area contributed by atoms with Crippen LogP contribution in [-0.2, 0) is 11.8 Å². The van der Waals surface area contributed by atoms with E-state index in [1.54, 1.807) is 0 Å². The first-order chi connectivity index (χ1) is 8.32. The lowest BCUT2D eigenvalue weighted by Gasteiger charge is -2.20. The summed E-state index contributed by atoms with van der Waals surface area (Å²) in [6, 6.07) is 9.05. The van der Waals surface area contributed by atoms with E-state index >= 15 is 0 Å². The van der Waals surface area contributed by atoms with E-state index in [0.717, 1.165) is 18.2 Å². The average molecular weight is 267 g/mol. The molecule has 0 N–H and O–H groups in total. The van der Waals surface area contributed by atoms with Crippen LogP contribution in [-0.4, -0.2) is 5.88 Å². The van der Waals surface area contributed by atoms with Gasteiger partial charge in [-0.3, -0.25) is 0 Å². The SMILES string of the molecule is CC(C)CC(CCl)Cc1ccc(C(C)(C)C)cc1.